The molecule has 2 aromatic rings. The Bertz CT molecular complexity index is 492. The van der Waals surface area contributed by atoms with Gasteiger partial charge in [0.05, 0.1) is 11.4 Å². The largest absolute Gasteiger partial charge is 0.251 e. The monoisotopic (exact) mass is 226 g/mol. The molecule has 0 saturated carbocycles. The van der Waals surface area contributed by atoms with Crippen molar-refractivity contribution in [3.63, 3.8) is 0 Å². The quantitative estimate of drug-likeness (QED) is 0.792. The SMILES string of the molecule is CCCCc1cccc(-c2cccc(C)n2)n1. The van der Waals surface area contributed by atoms with Crippen LogP contribution in [0.15, 0.2) is 36.4 Å². The molecule has 2 aromatic heterocycles. The lowest BCUT2D eigenvalue weighted by atomic mass is 10.1. The fraction of sp³-hybridized carbons (Fsp3) is 0.333. The molecule has 0 aliphatic rings. The Balaban J connectivity index is 2.26. The molecule has 0 radical (unpaired) electrons. The number of hydrogen-bond acceptors (Lipinski definition) is 2. The number of pyridine rings is 2. The van der Waals surface area contributed by atoms with Gasteiger partial charge >= 0.3 is 0 Å². The van der Waals surface area contributed by atoms with E-state index in [0.717, 1.165) is 29.2 Å². The van der Waals surface area contributed by atoms with Crippen LogP contribution in [0.2, 0.25) is 0 Å². The molecule has 0 amide bonds. The highest BCUT2D eigenvalue weighted by Crippen LogP contribution is 2.15. The predicted molar refractivity (Wildman–Crippen MR) is 70.8 cm³/mol. The summed E-state index contributed by atoms with van der Waals surface area (Å²) < 4.78 is 0. The summed E-state index contributed by atoms with van der Waals surface area (Å²) >= 11 is 0. The molecule has 0 bridgehead atoms. The van der Waals surface area contributed by atoms with Crippen LogP contribution in [0.4, 0.5) is 0 Å². The molecule has 0 fully saturated rings. The van der Waals surface area contributed by atoms with Crippen LogP contribution in [-0.4, -0.2) is 9.97 Å². The van der Waals surface area contributed by atoms with Gasteiger partial charge in [0.1, 0.15) is 0 Å². The lowest BCUT2D eigenvalue weighted by molar-refractivity contribution is 0.777. The van der Waals surface area contributed by atoms with Crippen molar-refractivity contribution in [1.29, 1.82) is 0 Å². The van der Waals surface area contributed by atoms with E-state index >= 15 is 0 Å². The third kappa shape index (κ3) is 3.13. The maximum Gasteiger partial charge on any atom is 0.0889 e. The summed E-state index contributed by atoms with van der Waals surface area (Å²) in [5.41, 5.74) is 4.13. The van der Waals surface area contributed by atoms with Crippen LogP contribution in [0.1, 0.15) is 31.2 Å². The van der Waals surface area contributed by atoms with Gasteiger partial charge < -0.3 is 0 Å². The van der Waals surface area contributed by atoms with E-state index in [0.29, 0.717) is 0 Å². The second-order valence-electron chi connectivity index (χ2n) is 4.28. The summed E-state index contributed by atoms with van der Waals surface area (Å²) in [5, 5.41) is 0. The summed E-state index contributed by atoms with van der Waals surface area (Å²) in [7, 11) is 0. The lowest BCUT2D eigenvalue weighted by Gasteiger charge is -2.04. The second kappa shape index (κ2) is 5.58. The van der Waals surface area contributed by atoms with E-state index in [2.05, 4.69) is 29.0 Å². The van der Waals surface area contributed by atoms with Crippen LogP contribution in [0, 0.1) is 6.92 Å². The van der Waals surface area contributed by atoms with Gasteiger partial charge in [-0.05, 0) is 44.0 Å². The van der Waals surface area contributed by atoms with Gasteiger partial charge in [0.2, 0.25) is 0 Å². The number of hydrogen-bond donors (Lipinski definition) is 0. The second-order valence-corrected chi connectivity index (χ2v) is 4.28. The average Bonchev–Trinajstić information content (AvgIpc) is 2.37. The third-order valence-electron chi connectivity index (χ3n) is 2.74. The topological polar surface area (TPSA) is 25.8 Å². The van der Waals surface area contributed by atoms with Crippen LogP contribution in [-0.2, 0) is 6.42 Å². The van der Waals surface area contributed by atoms with E-state index in [4.69, 9.17) is 0 Å². The number of aromatic nitrogens is 2. The van der Waals surface area contributed by atoms with Gasteiger partial charge in [-0.1, -0.05) is 25.5 Å². The highest BCUT2D eigenvalue weighted by Gasteiger charge is 2.02. The van der Waals surface area contributed by atoms with Crippen molar-refractivity contribution < 1.29 is 0 Å². The number of nitrogens with zero attached hydrogens (tertiary/aromatic N) is 2. The summed E-state index contributed by atoms with van der Waals surface area (Å²) in [6.07, 6.45) is 3.45. The van der Waals surface area contributed by atoms with Gasteiger partial charge in [-0.3, -0.25) is 9.97 Å². The normalized spacial score (nSPS) is 10.5. The Labute approximate surface area is 103 Å². The lowest BCUT2D eigenvalue weighted by Crippen LogP contribution is -1.94. The minimum Gasteiger partial charge on any atom is -0.251 e. The smallest absolute Gasteiger partial charge is 0.0889 e. The first-order valence-electron chi connectivity index (χ1n) is 6.19. The van der Waals surface area contributed by atoms with E-state index in [9.17, 15) is 0 Å². The van der Waals surface area contributed by atoms with Crippen molar-refractivity contribution in [2.24, 2.45) is 0 Å². The summed E-state index contributed by atoms with van der Waals surface area (Å²) in [4.78, 5) is 9.16. The molecule has 0 unspecified atom stereocenters. The molecule has 0 aliphatic heterocycles. The van der Waals surface area contributed by atoms with Crippen LogP contribution in [0.25, 0.3) is 11.4 Å². The number of aryl methyl sites for hydroxylation is 2. The van der Waals surface area contributed by atoms with E-state index in [1.165, 1.54) is 12.8 Å². The van der Waals surface area contributed by atoms with Crippen molar-refractivity contribution in [3.05, 3.63) is 47.8 Å². The summed E-state index contributed by atoms with van der Waals surface area (Å²) in [6, 6.07) is 12.2. The molecule has 0 atom stereocenters. The highest BCUT2D eigenvalue weighted by molar-refractivity contribution is 5.54. The molecule has 17 heavy (non-hydrogen) atoms. The summed E-state index contributed by atoms with van der Waals surface area (Å²) in [6.45, 7) is 4.20. The first kappa shape index (κ1) is 11.8. The molecular weight excluding hydrogens is 208 g/mol. The minimum atomic E-state index is 0.961. The van der Waals surface area contributed by atoms with Gasteiger partial charge in [0.25, 0.3) is 0 Å². The molecule has 0 spiro atoms. The van der Waals surface area contributed by atoms with E-state index < -0.39 is 0 Å². The van der Waals surface area contributed by atoms with Crippen LogP contribution >= 0.6 is 0 Å². The van der Waals surface area contributed by atoms with Gasteiger partial charge in [0, 0.05) is 11.4 Å². The maximum absolute atomic E-state index is 4.66. The van der Waals surface area contributed by atoms with Gasteiger partial charge in [0.15, 0.2) is 0 Å². The van der Waals surface area contributed by atoms with E-state index in [1.807, 2.05) is 31.2 Å². The van der Waals surface area contributed by atoms with E-state index in [-0.39, 0.29) is 0 Å². The predicted octanol–water partition coefficient (Wildman–Crippen LogP) is 3.79. The molecule has 0 saturated heterocycles. The van der Waals surface area contributed by atoms with Gasteiger partial charge in [-0.2, -0.15) is 0 Å². The Morgan fingerprint density at radius 1 is 0.941 bits per heavy atom. The van der Waals surface area contributed by atoms with Crippen LogP contribution in [0.5, 0.6) is 0 Å². The van der Waals surface area contributed by atoms with Crippen molar-refractivity contribution in [1.82, 2.24) is 9.97 Å². The van der Waals surface area contributed by atoms with Crippen LogP contribution < -0.4 is 0 Å². The van der Waals surface area contributed by atoms with E-state index in [1.54, 1.807) is 0 Å². The van der Waals surface area contributed by atoms with Crippen LogP contribution in [0.3, 0.4) is 0 Å². The first-order chi connectivity index (χ1) is 8.29. The fourth-order valence-electron chi connectivity index (χ4n) is 1.81. The Hall–Kier alpha value is -1.70. The molecule has 0 aromatic carbocycles. The Kier molecular flexibility index (Phi) is 3.86. The highest BCUT2D eigenvalue weighted by atomic mass is 14.8. The Morgan fingerprint density at radius 3 is 2.35 bits per heavy atom. The molecule has 88 valence electrons. The maximum atomic E-state index is 4.66. The zero-order valence-electron chi connectivity index (χ0n) is 10.5. The van der Waals surface area contributed by atoms with Gasteiger partial charge in [-0.25, -0.2) is 0 Å². The number of rotatable bonds is 4. The number of unbranched alkanes of at least 4 members (excludes halogenated alkanes) is 1. The molecule has 2 heteroatoms. The molecule has 2 nitrogen and oxygen atoms in total. The fourth-order valence-corrected chi connectivity index (χ4v) is 1.81. The third-order valence-corrected chi connectivity index (χ3v) is 2.74. The molecule has 2 rings (SSSR count). The standard InChI is InChI=1S/C15H18N2/c1-3-4-8-13-9-6-11-15(17-13)14-10-5-7-12(2)16-14/h5-7,9-11H,3-4,8H2,1-2H3. The zero-order valence-corrected chi connectivity index (χ0v) is 10.5. The summed E-state index contributed by atoms with van der Waals surface area (Å²) in [5.74, 6) is 0. The minimum absolute atomic E-state index is 0.961. The Morgan fingerprint density at radius 2 is 1.65 bits per heavy atom. The van der Waals surface area contributed by atoms with Gasteiger partial charge in [-0.15, -0.1) is 0 Å². The molecule has 0 aliphatic carbocycles. The van der Waals surface area contributed by atoms with Crippen molar-refractivity contribution in [3.8, 4) is 11.4 Å². The van der Waals surface area contributed by atoms with Crippen molar-refractivity contribution in [2.75, 3.05) is 0 Å². The first-order valence-corrected chi connectivity index (χ1v) is 6.19. The molecule has 2 heterocycles. The molecular formula is C15H18N2. The van der Waals surface area contributed by atoms with Crippen molar-refractivity contribution in [2.45, 2.75) is 33.1 Å². The zero-order chi connectivity index (χ0) is 12.1. The molecule has 0 N–H and O–H groups in total. The average molecular weight is 226 g/mol. The van der Waals surface area contributed by atoms with Crippen molar-refractivity contribution >= 4 is 0 Å².